The van der Waals surface area contributed by atoms with Crippen molar-refractivity contribution in [2.24, 2.45) is 5.92 Å². The molecule has 0 saturated carbocycles. The number of piperidine rings is 1. The van der Waals surface area contributed by atoms with Crippen LogP contribution >= 0.6 is 0 Å². The van der Waals surface area contributed by atoms with Crippen molar-refractivity contribution in [2.45, 2.75) is 39.7 Å². The lowest BCUT2D eigenvalue weighted by Gasteiger charge is -2.39. The molecule has 2 nitrogen and oxygen atoms in total. The van der Waals surface area contributed by atoms with Crippen molar-refractivity contribution in [3.05, 3.63) is 23.8 Å². The van der Waals surface area contributed by atoms with Crippen LogP contribution in [0.25, 0.3) is 0 Å². The first kappa shape index (κ1) is 11.3. The molecule has 0 spiro atoms. The van der Waals surface area contributed by atoms with Crippen LogP contribution in [0.3, 0.4) is 0 Å². The second-order valence-electron chi connectivity index (χ2n) is 5.09. The van der Waals surface area contributed by atoms with Crippen LogP contribution < -0.4 is 10.6 Å². The molecule has 0 amide bonds. The fraction of sp³-hybridized carbons (Fsp3) is 0.571. The standard InChI is InChI=1S/C14H22N2/c1-10-5-4-8-16(12(10)3)13-6-7-14(15)11(2)9-13/h6-7,9-10,12H,4-5,8,15H2,1-3H3. The Balaban J connectivity index is 2.25. The molecule has 2 atom stereocenters. The van der Waals surface area contributed by atoms with Crippen LogP contribution in [0.2, 0.25) is 0 Å². The molecule has 2 heteroatoms. The number of nitrogens with zero attached hydrogens (tertiary/aromatic N) is 1. The van der Waals surface area contributed by atoms with Crippen LogP contribution in [0.4, 0.5) is 11.4 Å². The lowest BCUT2D eigenvalue weighted by atomic mass is 9.91. The van der Waals surface area contributed by atoms with Gasteiger partial charge in [-0.15, -0.1) is 0 Å². The summed E-state index contributed by atoms with van der Waals surface area (Å²) < 4.78 is 0. The van der Waals surface area contributed by atoms with Gasteiger partial charge in [-0.1, -0.05) is 6.92 Å². The van der Waals surface area contributed by atoms with Gasteiger partial charge in [0.25, 0.3) is 0 Å². The summed E-state index contributed by atoms with van der Waals surface area (Å²) in [6.45, 7) is 7.93. The Hall–Kier alpha value is -1.18. The molecule has 1 aliphatic heterocycles. The number of nitrogens with two attached hydrogens (primary N) is 1. The molecule has 2 unspecified atom stereocenters. The molecular weight excluding hydrogens is 196 g/mol. The monoisotopic (exact) mass is 218 g/mol. The number of hydrogen-bond acceptors (Lipinski definition) is 2. The number of rotatable bonds is 1. The van der Waals surface area contributed by atoms with E-state index in [1.807, 2.05) is 6.07 Å². The highest BCUT2D eigenvalue weighted by molar-refractivity contribution is 5.58. The third-order valence-electron chi connectivity index (χ3n) is 3.96. The predicted molar refractivity (Wildman–Crippen MR) is 70.8 cm³/mol. The van der Waals surface area contributed by atoms with Gasteiger partial charge in [0.2, 0.25) is 0 Å². The van der Waals surface area contributed by atoms with E-state index in [2.05, 4.69) is 37.8 Å². The van der Waals surface area contributed by atoms with Gasteiger partial charge in [0.1, 0.15) is 0 Å². The van der Waals surface area contributed by atoms with Gasteiger partial charge in [-0.05, 0) is 56.4 Å². The predicted octanol–water partition coefficient (Wildman–Crippen LogP) is 3.20. The highest BCUT2D eigenvalue weighted by Gasteiger charge is 2.24. The van der Waals surface area contributed by atoms with E-state index in [-0.39, 0.29) is 0 Å². The maximum atomic E-state index is 5.86. The van der Waals surface area contributed by atoms with Crippen LogP contribution in [-0.2, 0) is 0 Å². The van der Waals surface area contributed by atoms with Gasteiger partial charge >= 0.3 is 0 Å². The number of hydrogen-bond donors (Lipinski definition) is 1. The van der Waals surface area contributed by atoms with E-state index >= 15 is 0 Å². The van der Waals surface area contributed by atoms with Gasteiger partial charge in [0.05, 0.1) is 0 Å². The topological polar surface area (TPSA) is 29.3 Å². The lowest BCUT2D eigenvalue weighted by Crippen LogP contribution is -2.42. The quantitative estimate of drug-likeness (QED) is 0.733. The van der Waals surface area contributed by atoms with Gasteiger partial charge in [-0.3, -0.25) is 0 Å². The SMILES string of the molecule is Cc1cc(N2CCCC(C)C2C)ccc1N. The van der Waals surface area contributed by atoms with Crippen LogP contribution in [0, 0.1) is 12.8 Å². The molecule has 1 aromatic carbocycles. The molecule has 0 radical (unpaired) electrons. The first-order valence-electron chi connectivity index (χ1n) is 6.22. The Kier molecular flexibility index (Phi) is 3.08. The minimum Gasteiger partial charge on any atom is -0.399 e. The van der Waals surface area contributed by atoms with Gasteiger partial charge in [-0.25, -0.2) is 0 Å². The maximum Gasteiger partial charge on any atom is 0.0372 e. The van der Waals surface area contributed by atoms with E-state index in [1.54, 1.807) is 0 Å². The molecule has 0 aromatic heterocycles. The summed E-state index contributed by atoms with van der Waals surface area (Å²) in [6, 6.07) is 7.02. The Morgan fingerprint density at radius 2 is 2.06 bits per heavy atom. The van der Waals surface area contributed by atoms with Gasteiger partial charge in [0.15, 0.2) is 0 Å². The zero-order valence-corrected chi connectivity index (χ0v) is 10.5. The summed E-state index contributed by atoms with van der Waals surface area (Å²) in [5.74, 6) is 0.784. The van der Waals surface area contributed by atoms with E-state index in [1.165, 1.54) is 30.6 Å². The third-order valence-corrected chi connectivity index (χ3v) is 3.96. The minimum atomic E-state index is 0.636. The van der Waals surface area contributed by atoms with E-state index in [9.17, 15) is 0 Å². The maximum absolute atomic E-state index is 5.86. The second-order valence-corrected chi connectivity index (χ2v) is 5.09. The first-order chi connectivity index (χ1) is 7.59. The molecule has 1 saturated heterocycles. The Morgan fingerprint density at radius 3 is 2.75 bits per heavy atom. The molecular formula is C14H22N2. The second kappa shape index (κ2) is 4.36. The van der Waals surface area contributed by atoms with Crippen LogP contribution in [0.15, 0.2) is 18.2 Å². The van der Waals surface area contributed by atoms with E-state index in [0.717, 1.165) is 11.6 Å². The molecule has 16 heavy (non-hydrogen) atoms. The van der Waals surface area contributed by atoms with Crippen molar-refractivity contribution in [2.75, 3.05) is 17.2 Å². The molecule has 1 fully saturated rings. The van der Waals surface area contributed by atoms with Crippen LogP contribution in [0.1, 0.15) is 32.3 Å². The highest BCUT2D eigenvalue weighted by atomic mass is 15.2. The summed E-state index contributed by atoms with van der Waals surface area (Å²) in [4.78, 5) is 2.51. The Morgan fingerprint density at radius 1 is 1.31 bits per heavy atom. The number of benzene rings is 1. The summed E-state index contributed by atoms with van der Waals surface area (Å²) >= 11 is 0. The summed E-state index contributed by atoms with van der Waals surface area (Å²) in [5.41, 5.74) is 9.26. The van der Waals surface area contributed by atoms with Crippen LogP contribution in [-0.4, -0.2) is 12.6 Å². The minimum absolute atomic E-state index is 0.636. The van der Waals surface area contributed by atoms with Gasteiger partial charge in [-0.2, -0.15) is 0 Å². The number of nitrogen functional groups attached to an aromatic ring is 1. The fourth-order valence-corrected chi connectivity index (χ4v) is 2.54. The average molecular weight is 218 g/mol. The fourth-order valence-electron chi connectivity index (χ4n) is 2.54. The first-order valence-corrected chi connectivity index (χ1v) is 6.22. The summed E-state index contributed by atoms with van der Waals surface area (Å²) in [6.07, 6.45) is 2.65. The van der Waals surface area contributed by atoms with Crippen molar-refractivity contribution >= 4 is 11.4 Å². The van der Waals surface area contributed by atoms with E-state index < -0.39 is 0 Å². The molecule has 0 aliphatic carbocycles. The van der Waals surface area contributed by atoms with Gasteiger partial charge < -0.3 is 10.6 Å². The molecule has 0 bridgehead atoms. The molecule has 2 rings (SSSR count). The molecule has 1 heterocycles. The Bertz CT molecular complexity index is 373. The average Bonchev–Trinajstić information content (AvgIpc) is 2.26. The zero-order valence-electron chi connectivity index (χ0n) is 10.5. The van der Waals surface area contributed by atoms with Crippen molar-refractivity contribution in [1.29, 1.82) is 0 Å². The molecule has 1 aromatic rings. The van der Waals surface area contributed by atoms with Crippen molar-refractivity contribution < 1.29 is 0 Å². The molecule has 2 N–H and O–H groups in total. The summed E-state index contributed by atoms with van der Waals surface area (Å²) in [5, 5.41) is 0. The third kappa shape index (κ3) is 2.01. The molecule has 88 valence electrons. The Labute approximate surface area is 98.4 Å². The smallest absolute Gasteiger partial charge is 0.0372 e. The number of aryl methyl sites for hydroxylation is 1. The summed E-state index contributed by atoms with van der Waals surface area (Å²) in [7, 11) is 0. The molecule has 1 aliphatic rings. The van der Waals surface area contributed by atoms with E-state index in [4.69, 9.17) is 5.73 Å². The van der Waals surface area contributed by atoms with Crippen molar-refractivity contribution in [3.8, 4) is 0 Å². The lowest BCUT2D eigenvalue weighted by molar-refractivity contribution is 0.363. The zero-order chi connectivity index (χ0) is 11.7. The van der Waals surface area contributed by atoms with Gasteiger partial charge in [0, 0.05) is 24.0 Å². The van der Waals surface area contributed by atoms with Crippen molar-refractivity contribution in [1.82, 2.24) is 0 Å². The highest BCUT2D eigenvalue weighted by Crippen LogP contribution is 2.29. The van der Waals surface area contributed by atoms with E-state index in [0.29, 0.717) is 6.04 Å². The van der Waals surface area contributed by atoms with Crippen LogP contribution in [0.5, 0.6) is 0 Å². The largest absolute Gasteiger partial charge is 0.399 e. The number of anilines is 2. The normalized spacial score (nSPS) is 25.8. The van der Waals surface area contributed by atoms with Crippen molar-refractivity contribution in [3.63, 3.8) is 0 Å².